The highest BCUT2D eigenvalue weighted by molar-refractivity contribution is 6.30. The number of rotatable bonds is 5. The van der Waals surface area contributed by atoms with Gasteiger partial charge in [-0.25, -0.2) is 0 Å². The smallest absolute Gasteiger partial charge is 0.323 e. The van der Waals surface area contributed by atoms with E-state index in [1.165, 1.54) is 18.2 Å². The van der Waals surface area contributed by atoms with E-state index in [1.807, 2.05) is 6.07 Å². The molecule has 18 heavy (non-hydrogen) atoms. The van der Waals surface area contributed by atoms with Crippen molar-refractivity contribution in [1.82, 2.24) is 0 Å². The topological polar surface area (TPSA) is 102 Å². The molecule has 0 bridgehead atoms. The maximum absolute atomic E-state index is 10.7. The van der Waals surface area contributed by atoms with Crippen LogP contribution < -0.4 is 4.90 Å². The second kappa shape index (κ2) is 5.89. The fourth-order valence-corrected chi connectivity index (χ4v) is 1.60. The standard InChI is InChI=1S/C11H9ClN2O4/c12-8-1-2-9(7(3-8)4-13)14(5-10(15)16)6-11(17)18/h1-3H,5-6H2,(H,15,16)(H,17,18). The van der Waals surface area contributed by atoms with E-state index in [0.29, 0.717) is 5.02 Å². The van der Waals surface area contributed by atoms with Crippen LogP contribution in [0.3, 0.4) is 0 Å². The van der Waals surface area contributed by atoms with Crippen molar-refractivity contribution in [2.45, 2.75) is 0 Å². The number of benzene rings is 1. The van der Waals surface area contributed by atoms with Crippen LogP contribution in [-0.2, 0) is 9.59 Å². The molecule has 0 amide bonds. The summed E-state index contributed by atoms with van der Waals surface area (Å²) in [6.45, 7) is -1.02. The molecule has 0 saturated heterocycles. The monoisotopic (exact) mass is 268 g/mol. The maximum atomic E-state index is 10.7. The fraction of sp³-hybridized carbons (Fsp3) is 0.182. The lowest BCUT2D eigenvalue weighted by Gasteiger charge is -2.21. The van der Waals surface area contributed by atoms with Gasteiger partial charge in [-0.15, -0.1) is 0 Å². The van der Waals surface area contributed by atoms with Crippen molar-refractivity contribution in [2.75, 3.05) is 18.0 Å². The first kappa shape index (κ1) is 13.8. The number of carboxylic acids is 2. The summed E-state index contributed by atoms with van der Waals surface area (Å²) in [6, 6.07) is 6.10. The molecular formula is C11H9ClN2O4. The van der Waals surface area contributed by atoms with Gasteiger partial charge in [0.15, 0.2) is 0 Å². The molecule has 0 aliphatic rings. The Morgan fingerprint density at radius 1 is 1.28 bits per heavy atom. The van der Waals surface area contributed by atoms with Crippen molar-refractivity contribution < 1.29 is 19.8 Å². The van der Waals surface area contributed by atoms with Crippen LogP contribution >= 0.6 is 11.6 Å². The van der Waals surface area contributed by atoms with Crippen LogP contribution in [0, 0.1) is 11.3 Å². The summed E-state index contributed by atoms with van der Waals surface area (Å²) in [6.07, 6.45) is 0. The van der Waals surface area contributed by atoms with Crippen LogP contribution in [0.4, 0.5) is 5.69 Å². The molecule has 2 N–H and O–H groups in total. The summed E-state index contributed by atoms with van der Waals surface area (Å²) in [5.41, 5.74) is 0.358. The molecule has 0 aliphatic carbocycles. The highest BCUT2D eigenvalue weighted by Gasteiger charge is 2.17. The van der Waals surface area contributed by atoms with Gasteiger partial charge in [0, 0.05) is 5.02 Å². The number of halogens is 1. The Bertz CT molecular complexity index is 508. The molecule has 0 aromatic heterocycles. The van der Waals surface area contributed by atoms with Gasteiger partial charge in [0.05, 0.1) is 11.3 Å². The van der Waals surface area contributed by atoms with Crippen LogP contribution in [0.2, 0.25) is 5.02 Å². The van der Waals surface area contributed by atoms with Gasteiger partial charge in [0.25, 0.3) is 0 Å². The van der Waals surface area contributed by atoms with Crippen LogP contribution in [0.25, 0.3) is 0 Å². The van der Waals surface area contributed by atoms with E-state index in [9.17, 15) is 9.59 Å². The second-order valence-corrected chi connectivity index (χ2v) is 3.85. The predicted octanol–water partition coefficient (Wildman–Crippen LogP) is 1.19. The Kier molecular flexibility index (Phi) is 4.52. The van der Waals surface area contributed by atoms with Gasteiger partial charge in [0.2, 0.25) is 0 Å². The Hall–Kier alpha value is -2.26. The van der Waals surface area contributed by atoms with E-state index in [-0.39, 0.29) is 11.3 Å². The summed E-state index contributed by atoms with van der Waals surface area (Å²) in [5.74, 6) is -2.37. The van der Waals surface area contributed by atoms with Gasteiger partial charge in [-0.1, -0.05) is 11.6 Å². The van der Waals surface area contributed by atoms with Gasteiger partial charge < -0.3 is 15.1 Å². The molecule has 0 saturated carbocycles. The number of carboxylic acid groups (broad SMARTS) is 2. The van der Waals surface area contributed by atoms with E-state index in [2.05, 4.69) is 0 Å². The Morgan fingerprint density at radius 3 is 2.28 bits per heavy atom. The van der Waals surface area contributed by atoms with Crippen LogP contribution in [0.15, 0.2) is 18.2 Å². The lowest BCUT2D eigenvalue weighted by molar-refractivity contribution is -0.136. The average Bonchev–Trinajstić information content (AvgIpc) is 2.26. The summed E-state index contributed by atoms with van der Waals surface area (Å²) >= 11 is 5.71. The molecule has 6 nitrogen and oxygen atoms in total. The first-order chi connectivity index (χ1) is 8.43. The molecule has 7 heteroatoms. The third-order valence-electron chi connectivity index (χ3n) is 2.07. The fourth-order valence-electron chi connectivity index (χ4n) is 1.43. The van der Waals surface area contributed by atoms with Crippen molar-refractivity contribution in [2.24, 2.45) is 0 Å². The van der Waals surface area contributed by atoms with Gasteiger partial charge in [-0.2, -0.15) is 5.26 Å². The van der Waals surface area contributed by atoms with Crippen molar-refractivity contribution in [1.29, 1.82) is 5.26 Å². The Morgan fingerprint density at radius 2 is 1.83 bits per heavy atom. The van der Waals surface area contributed by atoms with E-state index in [1.54, 1.807) is 0 Å². The average molecular weight is 269 g/mol. The van der Waals surface area contributed by atoms with Crippen LogP contribution in [0.1, 0.15) is 5.56 Å². The zero-order chi connectivity index (χ0) is 13.7. The molecule has 0 heterocycles. The Labute approximate surface area is 108 Å². The highest BCUT2D eigenvalue weighted by atomic mass is 35.5. The summed E-state index contributed by atoms with van der Waals surface area (Å²) < 4.78 is 0. The molecule has 0 aliphatic heterocycles. The minimum Gasteiger partial charge on any atom is -0.480 e. The highest BCUT2D eigenvalue weighted by Crippen LogP contribution is 2.23. The van der Waals surface area contributed by atoms with Crippen molar-refractivity contribution in [3.05, 3.63) is 28.8 Å². The number of hydrogen-bond acceptors (Lipinski definition) is 4. The number of nitrogens with zero attached hydrogens (tertiary/aromatic N) is 2. The van der Waals surface area contributed by atoms with Crippen molar-refractivity contribution >= 4 is 29.2 Å². The van der Waals surface area contributed by atoms with E-state index in [4.69, 9.17) is 27.1 Å². The zero-order valence-electron chi connectivity index (χ0n) is 9.13. The van der Waals surface area contributed by atoms with Gasteiger partial charge in [-0.3, -0.25) is 9.59 Å². The molecule has 0 fully saturated rings. The number of hydrogen-bond donors (Lipinski definition) is 2. The molecule has 94 valence electrons. The zero-order valence-corrected chi connectivity index (χ0v) is 9.89. The summed E-state index contributed by atoms with van der Waals surface area (Å²) in [7, 11) is 0. The largest absolute Gasteiger partial charge is 0.480 e. The molecule has 1 aromatic carbocycles. The molecule has 1 aromatic rings. The molecule has 0 unspecified atom stereocenters. The van der Waals surface area contributed by atoms with Crippen LogP contribution in [-0.4, -0.2) is 35.2 Å². The van der Waals surface area contributed by atoms with Gasteiger partial charge in [-0.05, 0) is 18.2 Å². The van der Waals surface area contributed by atoms with E-state index in [0.717, 1.165) is 4.90 Å². The lowest BCUT2D eigenvalue weighted by atomic mass is 10.1. The Balaban J connectivity index is 3.15. The quantitative estimate of drug-likeness (QED) is 0.832. The minimum absolute atomic E-state index is 0.130. The number of anilines is 1. The summed E-state index contributed by atoms with van der Waals surface area (Å²) in [5, 5.41) is 26.7. The van der Waals surface area contributed by atoms with Crippen molar-refractivity contribution in [3.63, 3.8) is 0 Å². The molecule has 0 radical (unpaired) electrons. The molecular weight excluding hydrogens is 260 g/mol. The SMILES string of the molecule is N#Cc1cc(Cl)ccc1N(CC(=O)O)CC(=O)O. The number of aliphatic carboxylic acids is 2. The molecule has 0 spiro atoms. The minimum atomic E-state index is -1.19. The summed E-state index contributed by atoms with van der Waals surface area (Å²) in [4.78, 5) is 22.5. The first-order valence-corrected chi connectivity index (χ1v) is 5.20. The number of nitriles is 1. The maximum Gasteiger partial charge on any atom is 0.323 e. The molecule has 0 atom stereocenters. The number of carbonyl (C=O) groups is 2. The third kappa shape index (κ3) is 3.64. The third-order valence-corrected chi connectivity index (χ3v) is 2.31. The van der Waals surface area contributed by atoms with Crippen molar-refractivity contribution in [3.8, 4) is 6.07 Å². The lowest BCUT2D eigenvalue weighted by Crippen LogP contribution is -2.34. The molecule has 1 rings (SSSR count). The predicted molar refractivity (Wildman–Crippen MR) is 63.7 cm³/mol. The van der Waals surface area contributed by atoms with Gasteiger partial charge >= 0.3 is 11.9 Å². The van der Waals surface area contributed by atoms with Gasteiger partial charge in [0.1, 0.15) is 19.2 Å². The second-order valence-electron chi connectivity index (χ2n) is 3.42. The van der Waals surface area contributed by atoms with E-state index < -0.39 is 25.0 Å². The van der Waals surface area contributed by atoms with Crippen LogP contribution in [0.5, 0.6) is 0 Å². The normalized spacial score (nSPS) is 9.56. The van der Waals surface area contributed by atoms with E-state index >= 15 is 0 Å². The first-order valence-electron chi connectivity index (χ1n) is 4.82.